The molecule has 0 aliphatic heterocycles. The van der Waals surface area contributed by atoms with Gasteiger partial charge in [-0.2, -0.15) is 0 Å². The average molecular weight is 303 g/mol. The van der Waals surface area contributed by atoms with Crippen LogP contribution in [0.1, 0.15) is 28.4 Å². The van der Waals surface area contributed by atoms with E-state index in [9.17, 15) is 4.79 Å². The summed E-state index contributed by atoms with van der Waals surface area (Å²) >= 11 is 6.12. The minimum Gasteiger partial charge on any atom is -0.385 e. The highest BCUT2D eigenvalue weighted by Gasteiger charge is 2.13. The van der Waals surface area contributed by atoms with Gasteiger partial charge in [0.25, 0.3) is 5.91 Å². The van der Waals surface area contributed by atoms with Gasteiger partial charge in [-0.3, -0.25) is 4.79 Å². The lowest BCUT2D eigenvalue weighted by molar-refractivity contribution is 0.102. The number of amides is 1. The smallest absolute Gasteiger partial charge is 0.257 e. The molecule has 2 N–H and O–H groups in total. The van der Waals surface area contributed by atoms with Gasteiger partial charge >= 0.3 is 0 Å². The van der Waals surface area contributed by atoms with E-state index in [1.54, 1.807) is 6.07 Å². The van der Waals surface area contributed by atoms with Crippen LogP contribution in [-0.2, 0) is 0 Å². The van der Waals surface area contributed by atoms with Gasteiger partial charge in [0.2, 0.25) is 0 Å². The van der Waals surface area contributed by atoms with Crippen LogP contribution >= 0.6 is 11.6 Å². The van der Waals surface area contributed by atoms with Gasteiger partial charge < -0.3 is 10.6 Å². The van der Waals surface area contributed by atoms with Crippen molar-refractivity contribution in [3.8, 4) is 0 Å². The third-order valence-electron chi connectivity index (χ3n) is 3.16. The Hall–Kier alpha value is -2.00. The van der Waals surface area contributed by atoms with Crippen LogP contribution in [0.15, 0.2) is 36.4 Å². The van der Waals surface area contributed by atoms with Crippen molar-refractivity contribution in [2.45, 2.75) is 20.8 Å². The van der Waals surface area contributed by atoms with Crippen molar-refractivity contribution in [1.29, 1.82) is 0 Å². The highest BCUT2D eigenvalue weighted by atomic mass is 35.5. The number of anilines is 2. The van der Waals surface area contributed by atoms with E-state index in [1.165, 1.54) is 0 Å². The van der Waals surface area contributed by atoms with E-state index < -0.39 is 0 Å². The molecule has 0 bridgehead atoms. The normalized spacial score (nSPS) is 10.3. The molecule has 2 rings (SSSR count). The SMILES string of the molecule is CCNc1cc(C)ccc1C(=O)Nc1cc(C)ccc1Cl. The van der Waals surface area contributed by atoms with Crippen LogP contribution in [0.2, 0.25) is 5.02 Å². The van der Waals surface area contributed by atoms with Crippen LogP contribution in [0, 0.1) is 13.8 Å². The van der Waals surface area contributed by atoms with Gasteiger partial charge in [0.1, 0.15) is 0 Å². The maximum atomic E-state index is 12.5. The maximum Gasteiger partial charge on any atom is 0.257 e. The van der Waals surface area contributed by atoms with E-state index in [0.717, 1.165) is 23.4 Å². The van der Waals surface area contributed by atoms with E-state index in [1.807, 2.05) is 51.1 Å². The van der Waals surface area contributed by atoms with Crippen molar-refractivity contribution in [3.05, 3.63) is 58.1 Å². The number of rotatable bonds is 4. The lowest BCUT2D eigenvalue weighted by atomic mass is 10.1. The Bertz CT molecular complexity index is 668. The number of carbonyl (C=O) groups is 1. The Balaban J connectivity index is 2.30. The van der Waals surface area contributed by atoms with Crippen LogP contribution in [0.5, 0.6) is 0 Å². The first-order valence-corrected chi connectivity index (χ1v) is 7.31. The van der Waals surface area contributed by atoms with E-state index >= 15 is 0 Å². The lowest BCUT2D eigenvalue weighted by Crippen LogP contribution is -2.15. The quantitative estimate of drug-likeness (QED) is 0.863. The molecule has 1 amide bonds. The number of halogens is 1. The predicted octanol–water partition coefficient (Wildman–Crippen LogP) is 4.64. The summed E-state index contributed by atoms with van der Waals surface area (Å²) in [6, 6.07) is 11.3. The van der Waals surface area contributed by atoms with E-state index in [4.69, 9.17) is 11.6 Å². The van der Waals surface area contributed by atoms with Gasteiger partial charge in [0.05, 0.1) is 16.3 Å². The Morgan fingerprint density at radius 3 is 2.33 bits per heavy atom. The predicted molar refractivity (Wildman–Crippen MR) is 89.5 cm³/mol. The van der Waals surface area contributed by atoms with Crippen LogP contribution in [0.4, 0.5) is 11.4 Å². The first kappa shape index (κ1) is 15.4. The van der Waals surface area contributed by atoms with Crippen molar-refractivity contribution >= 4 is 28.9 Å². The zero-order chi connectivity index (χ0) is 15.4. The highest BCUT2D eigenvalue weighted by Crippen LogP contribution is 2.25. The summed E-state index contributed by atoms with van der Waals surface area (Å²) in [5.41, 5.74) is 4.23. The molecule has 0 aliphatic rings. The average Bonchev–Trinajstić information content (AvgIpc) is 2.43. The van der Waals surface area contributed by atoms with Gasteiger partial charge in [0.15, 0.2) is 0 Å². The standard InChI is InChI=1S/C17H19ClN2O/c1-4-19-15-9-11(2)5-7-13(15)17(21)20-16-10-12(3)6-8-14(16)18/h5-10,19H,4H2,1-3H3,(H,20,21). The summed E-state index contributed by atoms with van der Waals surface area (Å²) in [5.74, 6) is -0.168. The molecule has 0 fully saturated rings. The minimum atomic E-state index is -0.168. The van der Waals surface area contributed by atoms with E-state index in [2.05, 4.69) is 10.6 Å². The van der Waals surface area contributed by atoms with Gasteiger partial charge in [-0.1, -0.05) is 23.7 Å². The van der Waals surface area contributed by atoms with Gasteiger partial charge in [-0.05, 0) is 56.2 Å². The summed E-state index contributed by atoms with van der Waals surface area (Å²) in [7, 11) is 0. The number of benzene rings is 2. The Kier molecular flexibility index (Phi) is 4.86. The molecule has 0 radical (unpaired) electrons. The molecule has 2 aromatic rings. The van der Waals surface area contributed by atoms with Crippen molar-refractivity contribution < 1.29 is 4.79 Å². The second-order valence-corrected chi connectivity index (χ2v) is 5.42. The largest absolute Gasteiger partial charge is 0.385 e. The van der Waals surface area contributed by atoms with Crippen molar-refractivity contribution in [2.75, 3.05) is 17.2 Å². The molecule has 0 saturated heterocycles. The highest BCUT2D eigenvalue weighted by molar-refractivity contribution is 6.34. The number of nitrogens with one attached hydrogen (secondary N) is 2. The molecule has 110 valence electrons. The molecule has 21 heavy (non-hydrogen) atoms. The van der Waals surface area contributed by atoms with Crippen LogP contribution in [-0.4, -0.2) is 12.5 Å². The summed E-state index contributed by atoms with van der Waals surface area (Å²) < 4.78 is 0. The number of hydrogen-bond acceptors (Lipinski definition) is 2. The van der Waals surface area contributed by atoms with E-state index in [-0.39, 0.29) is 5.91 Å². The second kappa shape index (κ2) is 6.64. The number of carbonyl (C=O) groups excluding carboxylic acids is 1. The molecule has 0 aliphatic carbocycles. The fourth-order valence-electron chi connectivity index (χ4n) is 2.12. The monoisotopic (exact) mass is 302 g/mol. The van der Waals surface area contributed by atoms with Crippen LogP contribution < -0.4 is 10.6 Å². The number of hydrogen-bond donors (Lipinski definition) is 2. The molecule has 0 saturated carbocycles. The van der Waals surface area contributed by atoms with Gasteiger partial charge in [-0.15, -0.1) is 0 Å². The van der Waals surface area contributed by atoms with Gasteiger partial charge in [0, 0.05) is 12.2 Å². The van der Waals surface area contributed by atoms with E-state index in [0.29, 0.717) is 16.3 Å². The summed E-state index contributed by atoms with van der Waals surface area (Å²) in [4.78, 5) is 12.5. The zero-order valence-corrected chi connectivity index (χ0v) is 13.2. The topological polar surface area (TPSA) is 41.1 Å². The summed E-state index contributed by atoms with van der Waals surface area (Å²) in [6.07, 6.45) is 0. The van der Waals surface area contributed by atoms with Gasteiger partial charge in [-0.25, -0.2) is 0 Å². The Morgan fingerprint density at radius 1 is 1.05 bits per heavy atom. The minimum absolute atomic E-state index is 0.168. The van der Waals surface area contributed by atoms with Crippen molar-refractivity contribution in [1.82, 2.24) is 0 Å². The Labute approximate surface area is 130 Å². The second-order valence-electron chi connectivity index (χ2n) is 5.02. The molecule has 0 spiro atoms. The molecular weight excluding hydrogens is 284 g/mol. The molecule has 0 atom stereocenters. The van der Waals surface area contributed by atoms with Crippen LogP contribution in [0.3, 0.4) is 0 Å². The van der Waals surface area contributed by atoms with Crippen molar-refractivity contribution in [2.24, 2.45) is 0 Å². The summed E-state index contributed by atoms with van der Waals surface area (Å²) in [5, 5.41) is 6.62. The maximum absolute atomic E-state index is 12.5. The zero-order valence-electron chi connectivity index (χ0n) is 12.5. The molecule has 0 unspecified atom stereocenters. The molecule has 2 aromatic carbocycles. The molecule has 0 heterocycles. The molecule has 3 nitrogen and oxygen atoms in total. The summed E-state index contributed by atoms with van der Waals surface area (Å²) in [6.45, 7) is 6.72. The third kappa shape index (κ3) is 3.76. The number of aryl methyl sites for hydroxylation is 2. The van der Waals surface area contributed by atoms with Crippen LogP contribution in [0.25, 0.3) is 0 Å². The Morgan fingerprint density at radius 2 is 1.67 bits per heavy atom. The lowest BCUT2D eigenvalue weighted by Gasteiger charge is -2.13. The first-order chi connectivity index (χ1) is 10.0. The first-order valence-electron chi connectivity index (χ1n) is 6.93. The fourth-order valence-corrected chi connectivity index (χ4v) is 2.28. The molecule has 4 heteroatoms. The fraction of sp³-hybridized carbons (Fsp3) is 0.235. The third-order valence-corrected chi connectivity index (χ3v) is 3.49. The molecule has 0 aromatic heterocycles. The van der Waals surface area contributed by atoms with Crippen molar-refractivity contribution in [3.63, 3.8) is 0 Å². The molecular formula is C17H19ClN2O.